The van der Waals surface area contributed by atoms with Crippen molar-refractivity contribution in [3.8, 4) is 0 Å². The van der Waals surface area contributed by atoms with Crippen molar-refractivity contribution in [2.75, 3.05) is 0 Å². The molecular formula is C18H18N8O2. The van der Waals surface area contributed by atoms with E-state index in [0.717, 1.165) is 22.5 Å². The van der Waals surface area contributed by atoms with Crippen molar-refractivity contribution in [2.24, 2.45) is 10.2 Å². The third kappa shape index (κ3) is 4.97. The number of aromatic nitrogens is 4. The summed E-state index contributed by atoms with van der Waals surface area (Å²) in [5, 5.41) is 20.9. The molecular weight excluding hydrogens is 360 g/mol. The number of amides is 2. The van der Waals surface area contributed by atoms with Crippen LogP contribution in [0.1, 0.15) is 43.5 Å². The fourth-order valence-corrected chi connectivity index (χ4v) is 2.18. The number of H-pyrrole nitrogens is 2. The van der Waals surface area contributed by atoms with Gasteiger partial charge in [-0.25, -0.2) is 10.9 Å². The van der Waals surface area contributed by atoms with E-state index < -0.39 is 11.8 Å². The van der Waals surface area contributed by atoms with Crippen molar-refractivity contribution in [2.45, 2.75) is 13.8 Å². The lowest BCUT2D eigenvalue weighted by Gasteiger charge is -1.97. The minimum atomic E-state index is -0.396. The molecule has 2 aromatic heterocycles. The maximum atomic E-state index is 11.8. The van der Waals surface area contributed by atoms with Crippen molar-refractivity contribution < 1.29 is 9.59 Å². The first-order valence-electron chi connectivity index (χ1n) is 8.32. The summed E-state index contributed by atoms with van der Waals surface area (Å²) < 4.78 is 0. The fourth-order valence-electron chi connectivity index (χ4n) is 2.18. The molecule has 28 heavy (non-hydrogen) atoms. The molecule has 0 unspecified atom stereocenters. The molecule has 2 heterocycles. The lowest BCUT2D eigenvalue weighted by molar-refractivity contribution is 0.0942. The van der Waals surface area contributed by atoms with Crippen LogP contribution in [0.15, 0.2) is 46.6 Å². The SMILES string of the molecule is Cc1cc(C(=O)N/N=C/c2ccc(/C=N/NC(=O)c3cc(C)[nH]n3)cc2)n[nH]1. The predicted molar refractivity (Wildman–Crippen MR) is 103 cm³/mol. The molecule has 0 bridgehead atoms. The van der Waals surface area contributed by atoms with Crippen LogP contribution in [0, 0.1) is 13.8 Å². The van der Waals surface area contributed by atoms with Crippen LogP contribution in [0.4, 0.5) is 0 Å². The minimum Gasteiger partial charge on any atom is -0.282 e. The summed E-state index contributed by atoms with van der Waals surface area (Å²) in [5.41, 5.74) is 8.51. The molecule has 10 nitrogen and oxygen atoms in total. The second-order valence-corrected chi connectivity index (χ2v) is 5.94. The van der Waals surface area contributed by atoms with Crippen LogP contribution in [0.2, 0.25) is 0 Å². The van der Waals surface area contributed by atoms with Gasteiger partial charge in [0.2, 0.25) is 0 Å². The third-order valence-corrected chi connectivity index (χ3v) is 3.57. The van der Waals surface area contributed by atoms with Gasteiger partial charge in [-0.1, -0.05) is 24.3 Å². The Kier molecular flexibility index (Phi) is 5.70. The topological polar surface area (TPSA) is 140 Å². The van der Waals surface area contributed by atoms with Gasteiger partial charge in [0, 0.05) is 11.4 Å². The summed E-state index contributed by atoms with van der Waals surface area (Å²) in [7, 11) is 0. The molecule has 3 rings (SSSR count). The van der Waals surface area contributed by atoms with Gasteiger partial charge in [0.05, 0.1) is 12.4 Å². The summed E-state index contributed by atoms with van der Waals surface area (Å²) >= 11 is 0. The molecule has 0 saturated carbocycles. The van der Waals surface area contributed by atoms with Gasteiger partial charge in [-0.3, -0.25) is 19.8 Å². The van der Waals surface area contributed by atoms with Crippen LogP contribution in [0.25, 0.3) is 0 Å². The molecule has 0 fully saturated rings. The normalized spacial score (nSPS) is 11.2. The molecule has 4 N–H and O–H groups in total. The highest BCUT2D eigenvalue weighted by Gasteiger charge is 2.08. The predicted octanol–water partition coefficient (Wildman–Crippen LogP) is 1.28. The number of nitrogens with one attached hydrogen (secondary N) is 4. The van der Waals surface area contributed by atoms with E-state index in [1.807, 2.05) is 0 Å². The first-order chi connectivity index (χ1) is 13.5. The van der Waals surface area contributed by atoms with Crippen molar-refractivity contribution in [3.63, 3.8) is 0 Å². The quantitative estimate of drug-likeness (QED) is 0.379. The zero-order chi connectivity index (χ0) is 19.9. The van der Waals surface area contributed by atoms with Crippen molar-refractivity contribution in [3.05, 3.63) is 70.3 Å². The van der Waals surface area contributed by atoms with Crippen LogP contribution in [0.5, 0.6) is 0 Å². The van der Waals surface area contributed by atoms with Gasteiger partial charge < -0.3 is 0 Å². The van der Waals surface area contributed by atoms with E-state index in [9.17, 15) is 9.59 Å². The average molecular weight is 378 g/mol. The Morgan fingerprint density at radius 3 is 1.54 bits per heavy atom. The summed E-state index contributed by atoms with van der Waals surface area (Å²) in [6.45, 7) is 3.61. The summed E-state index contributed by atoms with van der Waals surface area (Å²) in [5.74, 6) is -0.792. The zero-order valence-electron chi connectivity index (χ0n) is 15.2. The first-order valence-corrected chi connectivity index (χ1v) is 8.32. The Balaban J connectivity index is 1.50. The maximum Gasteiger partial charge on any atom is 0.291 e. The molecule has 2 amide bonds. The lowest BCUT2D eigenvalue weighted by atomic mass is 10.2. The molecule has 0 aliphatic rings. The van der Waals surface area contributed by atoms with Crippen molar-refractivity contribution in [1.82, 2.24) is 31.2 Å². The number of nitrogens with zero attached hydrogens (tertiary/aromatic N) is 4. The maximum absolute atomic E-state index is 11.8. The summed E-state index contributed by atoms with van der Waals surface area (Å²) in [6, 6.07) is 10.5. The Bertz CT molecular complexity index is 947. The van der Waals surface area contributed by atoms with Gasteiger partial charge in [-0.05, 0) is 37.1 Å². The van der Waals surface area contributed by atoms with Gasteiger partial charge >= 0.3 is 0 Å². The van der Waals surface area contributed by atoms with Gasteiger partial charge in [-0.15, -0.1) is 0 Å². The van der Waals surface area contributed by atoms with Crippen LogP contribution in [0.3, 0.4) is 0 Å². The molecule has 10 heteroatoms. The number of rotatable bonds is 6. The Morgan fingerprint density at radius 1 is 0.821 bits per heavy atom. The van der Waals surface area contributed by atoms with Gasteiger partial charge in [0.15, 0.2) is 11.4 Å². The highest BCUT2D eigenvalue weighted by molar-refractivity contribution is 5.94. The standard InChI is InChI=1S/C18H18N8O2/c1-11-7-15(23-21-11)17(27)25-19-9-13-3-5-14(6-4-13)10-20-26-18(28)16-8-12(2)22-24-16/h3-10H,1-2H3,(H,21,23)(H,22,24)(H,25,27)(H,26,28)/b19-9+,20-10+. The molecule has 0 aliphatic heterocycles. The van der Waals surface area contributed by atoms with E-state index in [4.69, 9.17) is 0 Å². The van der Waals surface area contributed by atoms with Crippen LogP contribution >= 0.6 is 0 Å². The highest BCUT2D eigenvalue weighted by Crippen LogP contribution is 2.01. The number of hydrogen-bond donors (Lipinski definition) is 4. The number of carbonyl (C=O) groups is 2. The first kappa shape index (κ1) is 18.7. The molecule has 0 spiro atoms. The number of benzene rings is 1. The second kappa shape index (κ2) is 8.54. The van der Waals surface area contributed by atoms with E-state index in [2.05, 4.69) is 41.4 Å². The summed E-state index contributed by atoms with van der Waals surface area (Å²) in [4.78, 5) is 23.6. The largest absolute Gasteiger partial charge is 0.291 e. The Hall–Kier alpha value is -4.08. The number of hydrazone groups is 2. The highest BCUT2D eigenvalue weighted by atomic mass is 16.2. The minimum absolute atomic E-state index is 0.272. The van der Waals surface area contributed by atoms with Crippen LogP contribution in [-0.2, 0) is 0 Å². The zero-order valence-corrected chi connectivity index (χ0v) is 15.2. The summed E-state index contributed by atoms with van der Waals surface area (Å²) in [6.07, 6.45) is 3.03. The van der Waals surface area contributed by atoms with Gasteiger partial charge in [-0.2, -0.15) is 20.4 Å². The molecule has 0 radical (unpaired) electrons. The van der Waals surface area contributed by atoms with Crippen molar-refractivity contribution >= 4 is 24.2 Å². The number of hydrogen-bond acceptors (Lipinski definition) is 6. The monoisotopic (exact) mass is 378 g/mol. The molecule has 142 valence electrons. The van der Waals surface area contributed by atoms with E-state index in [1.54, 1.807) is 50.2 Å². The molecule has 0 saturated heterocycles. The second-order valence-electron chi connectivity index (χ2n) is 5.94. The van der Waals surface area contributed by atoms with E-state index in [0.29, 0.717) is 0 Å². The van der Waals surface area contributed by atoms with Crippen LogP contribution in [-0.4, -0.2) is 44.6 Å². The molecule has 0 aliphatic carbocycles. The molecule has 3 aromatic rings. The van der Waals surface area contributed by atoms with Crippen LogP contribution < -0.4 is 10.9 Å². The number of carbonyl (C=O) groups excluding carboxylic acids is 2. The van der Waals surface area contributed by atoms with E-state index >= 15 is 0 Å². The van der Waals surface area contributed by atoms with Gasteiger partial charge in [0.25, 0.3) is 11.8 Å². The number of aryl methyl sites for hydroxylation is 2. The van der Waals surface area contributed by atoms with E-state index in [1.165, 1.54) is 12.4 Å². The van der Waals surface area contributed by atoms with Gasteiger partial charge in [0.1, 0.15) is 0 Å². The molecule has 1 aromatic carbocycles. The Labute approximate surface area is 160 Å². The fraction of sp³-hybridized carbons (Fsp3) is 0.111. The number of aromatic amines is 2. The average Bonchev–Trinajstić information content (AvgIpc) is 3.31. The third-order valence-electron chi connectivity index (χ3n) is 3.57. The lowest BCUT2D eigenvalue weighted by Crippen LogP contribution is -2.18. The molecule has 0 atom stereocenters. The smallest absolute Gasteiger partial charge is 0.282 e. The van der Waals surface area contributed by atoms with Crippen molar-refractivity contribution in [1.29, 1.82) is 0 Å². The van der Waals surface area contributed by atoms with E-state index in [-0.39, 0.29) is 11.4 Å². The Morgan fingerprint density at radius 2 is 1.21 bits per heavy atom.